The number of hydrogen-bond donors (Lipinski definition) is 2. The standard InChI is InChI=1S/C32H35N3O2/c36-28(22-32(19-10-3-11-20-32)34-31(37)24-14-6-2-7-15-24)35-21-18-26-29(23-12-4-1-5-13-23)33-27-17-9-8-16-25(27)30(26)35/h1-2,4-9,12-17,26,29-30,33H,3,10-11,18-22H2,(H,34,37). The summed E-state index contributed by atoms with van der Waals surface area (Å²) < 4.78 is 0. The van der Waals surface area contributed by atoms with Crippen molar-refractivity contribution in [1.29, 1.82) is 0 Å². The van der Waals surface area contributed by atoms with Crippen molar-refractivity contribution in [2.24, 2.45) is 5.92 Å². The molecular weight excluding hydrogens is 458 g/mol. The lowest BCUT2D eigenvalue weighted by molar-refractivity contribution is -0.134. The molecule has 5 nitrogen and oxygen atoms in total. The maximum Gasteiger partial charge on any atom is 0.251 e. The van der Waals surface area contributed by atoms with Crippen LogP contribution in [0.15, 0.2) is 84.9 Å². The van der Waals surface area contributed by atoms with Gasteiger partial charge in [0.15, 0.2) is 0 Å². The van der Waals surface area contributed by atoms with E-state index in [0.717, 1.165) is 50.8 Å². The molecule has 3 aromatic rings. The van der Waals surface area contributed by atoms with Crippen molar-refractivity contribution in [2.45, 2.75) is 62.6 Å². The molecule has 2 N–H and O–H groups in total. The maximum absolute atomic E-state index is 14.1. The van der Waals surface area contributed by atoms with Crippen LogP contribution in [0.5, 0.6) is 0 Å². The van der Waals surface area contributed by atoms with Crippen molar-refractivity contribution in [3.05, 3.63) is 102 Å². The lowest BCUT2D eigenvalue weighted by atomic mass is 9.78. The van der Waals surface area contributed by atoms with Crippen LogP contribution in [0.2, 0.25) is 0 Å². The van der Waals surface area contributed by atoms with E-state index in [1.54, 1.807) is 0 Å². The summed E-state index contributed by atoms with van der Waals surface area (Å²) in [5, 5.41) is 7.11. The van der Waals surface area contributed by atoms with Crippen molar-refractivity contribution in [2.75, 3.05) is 11.9 Å². The van der Waals surface area contributed by atoms with Gasteiger partial charge in [0.2, 0.25) is 5.91 Å². The highest BCUT2D eigenvalue weighted by Gasteiger charge is 2.47. The summed E-state index contributed by atoms with van der Waals surface area (Å²) >= 11 is 0. The SMILES string of the molecule is O=C(NC1(CC(=O)N2CCC3C(c4ccccc4)Nc4ccccc4C32)CCCCC1)c1ccccc1. The fourth-order valence-corrected chi connectivity index (χ4v) is 6.86. The molecule has 3 aromatic carbocycles. The molecule has 0 radical (unpaired) electrons. The number of nitrogens with zero attached hydrogens (tertiary/aromatic N) is 1. The molecular formula is C32H35N3O2. The molecule has 2 heterocycles. The van der Waals surface area contributed by atoms with Crippen molar-refractivity contribution >= 4 is 17.5 Å². The first-order valence-corrected chi connectivity index (χ1v) is 13.7. The van der Waals surface area contributed by atoms with Gasteiger partial charge in [0, 0.05) is 35.7 Å². The summed E-state index contributed by atoms with van der Waals surface area (Å²) in [7, 11) is 0. The monoisotopic (exact) mass is 493 g/mol. The molecule has 1 saturated heterocycles. The fraction of sp³-hybridized carbons (Fsp3) is 0.375. The summed E-state index contributed by atoms with van der Waals surface area (Å²) in [5.41, 5.74) is 3.75. The summed E-state index contributed by atoms with van der Waals surface area (Å²) in [4.78, 5) is 29.4. The minimum Gasteiger partial charge on any atom is -0.378 e. The molecule has 2 fully saturated rings. The third-order valence-corrected chi connectivity index (χ3v) is 8.66. The van der Waals surface area contributed by atoms with E-state index >= 15 is 0 Å². The number of amides is 2. The van der Waals surface area contributed by atoms with E-state index in [1.165, 1.54) is 11.1 Å². The van der Waals surface area contributed by atoms with Crippen LogP contribution in [0.25, 0.3) is 0 Å². The van der Waals surface area contributed by atoms with Gasteiger partial charge in [0.05, 0.1) is 12.1 Å². The Labute approximate surface area is 219 Å². The number of carbonyl (C=O) groups excluding carboxylic acids is 2. The van der Waals surface area contributed by atoms with E-state index in [4.69, 9.17) is 0 Å². The Morgan fingerprint density at radius 3 is 2.30 bits per heavy atom. The Bertz CT molecular complexity index is 1250. The van der Waals surface area contributed by atoms with Crippen LogP contribution in [0.3, 0.4) is 0 Å². The third kappa shape index (κ3) is 4.63. The Kier molecular flexibility index (Phi) is 6.45. The van der Waals surface area contributed by atoms with E-state index in [9.17, 15) is 9.59 Å². The van der Waals surface area contributed by atoms with E-state index in [1.807, 2.05) is 30.3 Å². The summed E-state index contributed by atoms with van der Waals surface area (Å²) in [6.07, 6.45) is 6.26. The van der Waals surface area contributed by atoms with Crippen LogP contribution >= 0.6 is 0 Å². The van der Waals surface area contributed by atoms with Gasteiger partial charge in [-0.05, 0) is 48.6 Å². The highest BCUT2D eigenvalue weighted by Crippen LogP contribution is 2.51. The number of hydrogen-bond acceptors (Lipinski definition) is 3. The normalized spacial score (nSPS) is 23.9. The molecule has 2 amide bonds. The number of anilines is 1. The zero-order valence-corrected chi connectivity index (χ0v) is 21.2. The Balaban J connectivity index is 1.27. The lowest BCUT2D eigenvalue weighted by Gasteiger charge is -2.42. The van der Waals surface area contributed by atoms with Crippen LogP contribution in [0.1, 0.15) is 78.5 Å². The fourth-order valence-electron chi connectivity index (χ4n) is 6.86. The number of benzene rings is 3. The van der Waals surface area contributed by atoms with Crippen molar-refractivity contribution in [3.63, 3.8) is 0 Å². The molecule has 1 aliphatic carbocycles. The quantitative estimate of drug-likeness (QED) is 0.441. The molecule has 0 aromatic heterocycles. The zero-order chi connectivity index (χ0) is 25.2. The molecule has 3 aliphatic rings. The van der Waals surface area contributed by atoms with E-state index in [-0.39, 0.29) is 23.9 Å². The molecule has 190 valence electrons. The minimum absolute atomic E-state index is 0.0422. The molecule has 3 unspecified atom stereocenters. The second-order valence-electron chi connectivity index (χ2n) is 10.9. The van der Waals surface area contributed by atoms with Crippen molar-refractivity contribution in [3.8, 4) is 0 Å². The predicted octanol–water partition coefficient (Wildman–Crippen LogP) is 6.27. The molecule has 3 atom stereocenters. The number of rotatable bonds is 5. The van der Waals surface area contributed by atoms with Gasteiger partial charge in [-0.2, -0.15) is 0 Å². The van der Waals surface area contributed by atoms with Crippen molar-refractivity contribution in [1.82, 2.24) is 10.2 Å². The molecule has 6 rings (SSSR count). The van der Waals surface area contributed by atoms with E-state index in [0.29, 0.717) is 17.9 Å². The van der Waals surface area contributed by atoms with E-state index in [2.05, 4.69) is 70.1 Å². The molecule has 0 bridgehead atoms. The number of nitrogens with one attached hydrogen (secondary N) is 2. The number of carbonyl (C=O) groups is 2. The Morgan fingerprint density at radius 1 is 0.865 bits per heavy atom. The smallest absolute Gasteiger partial charge is 0.251 e. The highest BCUT2D eigenvalue weighted by atomic mass is 16.2. The molecule has 37 heavy (non-hydrogen) atoms. The van der Waals surface area contributed by atoms with Crippen LogP contribution < -0.4 is 10.6 Å². The minimum atomic E-state index is -0.481. The van der Waals surface area contributed by atoms with Gasteiger partial charge in [-0.25, -0.2) is 0 Å². The second-order valence-corrected chi connectivity index (χ2v) is 10.9. The van der Waals surface area contributed by atoms with Crippen molar-refractivity contribution < 1.29 is 9.59 Å². The topological polar surface area (TPSA) is 61.4 Å². The van der Waals surface area contributed by atoms with Gasteiger partial charge in [0.1, 0.15) is 0 Å². The number of likely N-dealkylation sites (tertiary alicyclic amines) is 1. The largest absolute Gasteiger partial charge is 0.378 e. The molecule has 5 heteroatoms. The average Bonchev–Trinajstić information content (AvgIpc) is 3.40. The van der Waals surface area contributed by atoms with Gasteiger partial charge in [-0.1, -0.05) is 86.0 Å². The summed E-state index contributed by atoms with van der Waals surface area (Å²) in [6.45, 7) is 0.746. The Hall–Kier alpha value is -3.60. The third-order valence-electron chi connectivity index (χ3n) is 8.66. The first-order chi connectivity index (χ1) is 18.1. The highest BCUT2D eigenvalue weighted by molar-refractivity contribution is 5.95. The van der Waals surface area contributed by atoms with Gasteiger partial charge < -0.3 is 15.5 Å². The van der Waals surface area contributed by atoms with Gasteiger partial charge in [-0.3, -0.25) is 9.59 Å². The molecule has 1 saturated carbocycles. The first-order valence-electron chi connectivity index (χ1n) is 13.7. The van der Waals surface area contributed by atoms with Gasteiger partial charge in [-0.15, -0.1) is 0 Å². The molecule has 2 aliphatic heterocycles. The first kappa shape index (κ1) is 23.8. The van der Waals surface area contributed by atoms with Crippen LogP contribution in [-0.2, 0) is 4.79 Å². The number of fused-ring (bicyclic) bond motifs is 3. The zero-order valence-electron chi connectivity index (χ0n) is 21.2. The van der Waals surface area contributed by atoms with Crippen LogP contribution in [0, 0.1) is 5.92 Å². The van der Waals surface area contributed by atoms with Gasteiger partial charge in [0.25, 0.3) is 5.91 Å². The molecule has 0 spiro atoms. The summed E-state index contributed by atoms with van der Waals surface area (Å²) in [5.74, 6) is 0.389. The van der Waals surface area contributed by atoms with Crippen LogP contribution in [-0.4, -0.2) is 28.8 Å². The lowest BCUT2D eigenvalue weighted by Crippen LogP contribution is -2.53. The average molecular weight is 494 g/mol. The van der Waals surface area contributed by atoms with Gasteiger partial charge >= 0.3 is 0 Å². The summed E-state index contributed by atoms with van der Waals surface area (Å²) in [6, 6.07) is 28.6. The second kappa shape index (κ2) is 10.0. The van der Waals surface area contributed by atoms with E-state index < -0.39 is 5.54 Å². The van der Waals surface area contributed by atoms with Crippen LogP contribution in [0.4, 0.5) is 5.69 Å². The maximum atomic E-state index is 14.1. The predicted molar refractivity (Wildman–Crippen MR) is 146 cm³/mol. The Morgan fingerprint density at radius 2 is 1.54 bits per heavy atom. The number of para-hydroxylation sites is 1.